The lowest BCUT2D eigenvalue weighted by Crippen LogP contribution is -2.57. The summed E-state index contributed by atoms with van der Waals surface area (Å²) in [7, 11) is 0. The lowest BCUT2D eigenvalue weighted by atomic mass is 9.89. The molecule has 2 aliphatic rings. The number of benzene rings is 2. The van der Waals surface area contributed by atoms with Crippen LogP contribution in [0.15, 0.2) is 80.7 Å². The standard InChI is InChI=1S/C38H46Br2N8O4/c39-28-8-9-30(40)27(23-28)24-33(45-37(51)47-21-14-29(15-22-47)48-34-7-2-1-5-31(34)44-38(48)52)35(49)43-32(6-3-4-16-41)36(50)46-19-12-26(13-20-46)25-10-17-42-18-11-25/h1-2,5,7-11,17-18,23,26,29,32-33H,3-4,6,12-16,19-22,24,41H2,(H,43,49)(H,44,52)(H,45,51)/t32-,33-/m0/s1. The van der Waals surface area contributed by atoms with Crippen molar-refractivity contribution in [2.45, 2.75) is 75.4 Å². The number of fused-ring (bicyclic) bond motifs is 1. The summed E-state index contributed by atoms with van der Waals surface area (Å²) in [5.41, 5.74) is 9.32. The molecule has 2 aromatic heterocycles. The average molecular weight is 839 g/mol. The number of hydrogen-bond acceptors (Lipinski definition) is 6. The van der Waals surface area contributed by atoms with Crippen LogP contribution >= 0.6 is 31.9 Å². The van der Waals surface area contributed by atoms with E-state index in [-0.39, 0.29) is 30.1 Å². The predicted octanol–water partition coefficient (Wildman–Crippen LogP) is 5.23. The zero-order valence-electron chi connectivity index (χ0n) is 29.1. The molecule has 52 heavy (non-hydrogen) atoms. The minimum Gasteiger partial charge on any atom is -0.343 e. The van der Waals surface area contributed by atoms with Gasteiger partial charge in [-0.3, -0.25) is 19.1 Å². The first-order valence-corrected chi connectivity index (χ1v) is 19.7. The largest absolute Gasteiger partial charge is 0.343 e. The number of H-pyrrole nitrogens is 1. The van der Waals surface area contributed by atoms with Crippen LogP contribution in [0.4, 0.5) is 4.79 Å². The Morgan fingerprint density at radius 2 is 1.60 bits per heavy atom. The Balaban J connectivity index is 1.14. The molecule has 276 valence electrons. The SMILES string of the molecule is NCCCC[C@H](NC(=O)[C@H](Cc1cc(Br)ccc1Br)NC(=O)N1CCC(n2c(=O)[nH]c3ccccc32)CC1)C(=O)N1CCC(c2ccncc2)CC1. The Hall–Kier alpha value is -4.01. The molecule has 0 bridgehead atoms. The van der Waals surface area contributed by atoms with Crippen LogP contribution in [-0.2, 0) is 16.0 Å². The summed E-state index contributed by atoms with van der Waals surface area (Å²) in [6, 6.07) is 15.3. The summed E-state index contributed by atoms with van der Waals surface area (Å²) in [4.78, 5) is 65.4. The van der Waals surface area contributed by atoms with Crippen LogP contribution in [0.2, 0.25) is 0 Å². The highest BCUT2D eigenvalue weighted by Crippen LogP contribution is 2.29. The van der Waals surface area contributed by atoms with Gasteiger partial charge in [0.15, 0.2) is 0 Å². The number of amides is 4. The van der Waals surface area contributed by atoms with Crippen LogP contribution in [0, 0.1) is 0 Å². The zero-order valence-corrected chi connectivity index (χ0v) is 32.3. The number of aromatic nitrogens is 3. The first kappa shape index (κ1) is 37.7. The van der Waals surface area contributed by atoms with Crippen LogP contribution in [0.25, 0.3) is 11.0 Å². The number of halogens is 2. The van der Waals surface area contributed by atoms with Crippen molar-refractivity contribution in [3.63, 3.8) is 0 Å². The molecule has 2 fully saturated rings. The first-order chi connectivity index (χ1) is 25.2. The number of unbranched alkanes of at least 4 members (excludes halogenated alkanes) is 1. The van der Waals surface area contributed by atoms with E-state index in [0.29, 0.717) is 64.3 Å². The zero-order chi connectivity index (χ0) is 36.6. The summed E-state index contributed by atoms with van der Waals surface area (Å²) >= 11 is 7.14. The number of nitrogens with one attached hydrogen (secondary N) is 3. The normalized spacial score (nSPS) is 16.8. The van der Waals surface area contributed by atoms with Crippen molar-refractivity contribution >= 4 is 60.7 Å². The second kappa shape index (κ2) is 17.7. The number of likely N-dealkylation sites (tertiary alicyclic amines) is 2. The topological polar surface area (TPSA) is 158 Å². The van der Waals surface area contributed by atoms with Crippen molar-refractivity contribution < 1.29 is 14.4 Å². The van der Waals surface area contributed by atoms with E-state index in [4.69, 9.17) is 5.73 Å². The Bertz CT molecular complexity index is 1900. The minimum absolute atomic E-state index is 0.0560. The Labute approximate surface area is 320 Å². The first-order valence-electron chi connectivity index (χ1n) is 18.1. The number of piperidine rings is 2. The number of hydrogen-bond donors (Lipinski definition) is 4. The highest BCUT2D eigenvalue weighted by Gasteiger charge is 2.34. The second-order valence-electron chi connectivity index (χ2n) is 13.7. The number of aromatic amines is 1. The van der Waals surface area contributed by atoms with E-state index >= 15 is 0 Å². The molecule has 0 unspecified atom stereocenters. The number of nitrogens with zero attached hydrogens (tertiary/aromatic N) is 4. The number of carbonyl (C=O) groups excluding carboxylic acids is 3. The summed E-state index contributed by atoms with van der Waals surface area (Å²) in [6.45, 7) is 2.54. The highest BCUT2D eigenvalue weighted by atomic mass is 79.9. The van der Waals surface area contributed by atoms with Gasteiger partial charge in [-0.15, -0.1) is 0 Å². The molecule has 2 saturated heterocycles. The fourth-order valence-corrected chi connectivity index (χ4v) is 8.26. The van der Waals surface area contributed by atoms with E-state index in [9.17, 15) is 19.2 Å². The van der Waals surface area contributed by atoms with Gasteiger partial charge in [0.1, 0.15) is 12.1 Å². The molecule has 0 radical (unpaired) electrons. The molecule has 12 nitrogen and oxygen atoms in total. The highest BCUT2D eigenvalue weighted by molar-refractivity contribution is 9.11. The van der Waals surface area contributed by atoms with Crippen molar-refractivity contribution in [3.05, 3.63) is 97.5 Å². The van der Waals surface area contributed by atoms with E-state index in [2.05, 4.69) is 52.5 Å². The second-order valence-corrected chi connectivity index (χ2v) is 15.5. The van der Waals surface area contributed by atoms with Crippen molar-refractivity contribution in [2.24, 2.45) is 5.73 Å². The number of nitrogens with two attached hydrogens (primary N) is 1. The maximum atomic E-state index is 14.2. The molecule has 4 aromatic rings. The molecule has 2 aromatic carbocycles. The molecule has 5 N–H and O–H groups in total. The summed E-state index contributed by atoms with van der Waals surface area (Å²) in [5, 5.41) is 6.05. The van der Waals surface area contributed by atoms with E-state index in [1.54, 1.807) is 21.9 Å². The van der Waals surface area contributed by atoms with Gasteiger partial charge in [-0.2, -0.15) is 0 Å². The van der Waals surface area contributed by atoms with Gasteiger partial charge in [0.25, 0.3) is 0 Å². The quantitative estimate of drug-likeness (QED) is 0.143. The van der Waals surface area contributed by atoms with Crippen molar-refractivity contribution in [1.29, 1.82) is 0 Å². The van der Waals surface area contributed by atoms with E-state index in [0.717, 1.165) is 44.8 Å². The third kappa shape index (κ3) is 9.13. The van der Waals surface area contributed by atoms with E-state index in [1.807, 2.05) is 59.5 Å². The third-order valence-electron chi connectivity index (χ3n) is 10.3. The molecular weight excluding hydrogens is 792 g/mol. The van der Waals surface area contributed by atoms with Gasteiger partial charge in [-0.25, -0.2) is 9.59 Å². The summed E-state index contributed by atoms with van der Waals surface area (Å²) < 4.78 is 3.44. The number of carbonyl (C=O) groups is 3. The van der Waals surface area contributed by atoms with E-state index in [1.165, 1.54) is 5.56 Å². The van der Waals surface area contributed by atoms with Crippen molar-refractivity contribution in [2.75, 3.05) is 32.7 Å². The molecule has 14 heteroatoms. The molecule has 0 spiro atoms. The molecule has 2 aliphatic heterocycles. The number of para-hydroxylation sites is 2. The van der Waals surface area contributed by atoms with Gasteiger partial charge in [0, 0.05) is 60.0 Å². The maximum Gasteiger partial charge on any atom is 0.326 e. The number of imidazole rings is 1. The Morgan fingerprint density at radius 1 is 0.885 bits per heavy atom. The molecule has 4 heterocycles. The summed E-state index contributed by atoms with van der Waals surface area (Å²) in [6.07, 6.45) is 8.53. The van der Waals surface area contributed by atoms with Crippen LogP contribution in [0.1, 0.15) is 68.0 Å². The van der Waals surface area contributed by atoms with Gasteiger partial charge in [0.2, 0.25) is 11.8 Å². The fraction of sp³-hybridized carbons (Fsp3) is 0.447. The molecule has 2 atom stereocenters. The Kier molecular flexibility index (Phi) is 12.8. The minimum atomic E-state index is -0.950. The number of rotatable bonds is 12. The Morgan fingerprint density at radius 3 is 2.33 bits per heavy atom. The maximum absolute atomic E-state index is 14.2. The number of urea groups is 1. The lowest BCUT2D eigenvalue weighted by molar-refractivity contribution is -0.138. The lowest BCUT2D eigenvalue weighted by Gasteiger charge is -2.35. The van der Waals surface area contributed by atoms with Crippen LogP contribution in [-0.4, -0.2) is 87.0 Å². The molecule has 0 saturated carbocycles. The van der Waals surface area contributed by atoms with Gasteiger partial charge in [-0.05, 0) is 111 Å². The third-order valence-corrected chi connectivity index (χ3v) is 11.6. The average Bonchev–Trinajstić information content (AvgIpc) is 3.51. The molecular formula is C38H46Br2N8O4. The predicted molar refractivity (Wildman–Crippen MR) is 208 cm³/mol. The van der Waals surface area contributed by atoms with Gasteiger partial charge >= 0.3 is 11.7 Å². The summed E-state index contributed by atoms with van der Waals surface area (Å²) in [5.74, 6) is -0.172. The van der Waals surface area contributed by atoms with Crippen LogP contribution in [0.5, 0.6) is 0 Å². The van der Waals surface area contributed by atoms with Gasteiger partial charge in [0.05, 0.1) is 11.0 Å². The smallest absolute Gasteiger partial charge is 0.326 e. The molecule has 4 amide bonds. The fourth-order valence-electron chi connectivity index (χ4n) is 7.44. The molecule has 0 aliphatic carbocycles. The van der Waals surface area contributed by atoms with E-state index < -0.39 is 18.0 Å². The van der Waals surface area contributed by atoms with Gasteiger partial charge in [-0.1, -0.05) is 44.0 Å². The van der Waals surface area contributed by atoms with Crippen LogP contribution in [0.3, 0.4) is 0 Å². The van der Waals surface area contributed by atoms with Gasteiger partial charge < -0.3 is 31.2 Å². The number of pyridine rings is 1. The monoisotopic (exact) mass is 836 g/mol. The molecule has 6 rings (SSSR count). The van der Waals surface area contributed by atoms with Crippen LogP contribution < -0.4 is 22.1 Å². The van der Waals surface area contributed by atoms with Crippen molar-refractivity contribution in [1.82, 2.24) is 35.0 Å². The van der Waals surface area contributed by atoms with Crippen molar-refractivity contribution in [3.8, 4) is 0 Å².